The van der Waals surface area contributed by atoms with Gasteiger partial charge in [-0.25, -0.2) is 4.79 Å². The first-order chi connectivity index (χ1) is 15.3. The highest BCUT2D eigenvalue weighted by molar-refractivity contribution is 7.89. The molecule has 0 fully saturated rings. The molecule has 32 heavy (non-hydrogen) atoms. The summed E-state index contributed by atoms with van der Waals surface area (Å²) in [6, 6.07) is 20.2. The molecule has 0 spiro atoms. The summed E-state index contributed by atoms with van der Waals surface area (Å²) in [5.74, 6) is 0.109. The number of hydrazone groups is 1. The molecule has 3 rings (SSSR count). The topological polar surface area (TPSA) is 94.1 Å². The number of sulfonamides is 1. The van der Waals surface area contributed by atoms with Crippen LogP contribution in [-0.2, 0) is 14.8 Å². The lowest BCUT2D eigenvalue weighted by molar-refractivity contribution is 0.0526. The zero-order valence-corrected chi connectivity index (χ0v) is 18.8. The Hall–Kier alpha value is -3.65. The maximum atomic E-state index is 12.8. The fraction of sp³-hybridized carbons (Fsp3) is 0.167. The van der Waals surface area contributed by atoms with Gasteiger partial charge < -0.3 is 9.47 Å². The third kappa shape index (κ3) is 5.53. The van der Waals surface area contributed by atoms with E-state index in [4.69, 9.17) is 9.47 Å². The van der Waals surface area contributed by atoms with Crippen LogP contribution in [0.1, 0.15) is 34.0 Å². The normalized spacial score (nSPS) is 11.7. The second-order valence-electron chi connectivity index (χ2n) is 6.90. The number of methoxy groups -OCH3 is 1. The molecule has 0 amide bonds. The van der Waals surface area contributed by atoms with Gasteiger partial charge in [0.1, 0.15) is 5.75 Å². The van der Waals surface area contributed by atoms with E-state index in [0.29, 0.717) is 28.2 Å². The van der Waals surface area contributed by atoms with Gasteiger partial charge in [0.25, 0.3) is 10.0 Å². The maximum absolute atomic E-state index is 12.8. The van der Waals surface area contributed by atoms with E-state index >= 15 is 0 Å². The van der Waals surface area contributed by atoms with E-state index in [-0.39, 0.29) is 11.5 Å². The highest BCUT2D eigenvalue weighted by Crippen LogP contribution is 2.19. The fourth-order valence-corrected chi connectivity index (χ4v) is 3.76. The number of rotatable bonds is 8. The summed E-state index contributed by atoms with van der Waals surface area (Å²) in [5.41, 5.74) is 2.75. The van der Waals surface area contributed by atoms with E-state index in [9.17, 15) is 13.2 Å². The summed E-state index contributed by atoms with van der Waals surface area (Å²) >= 11 is 0. The summed E-state index contributed by atoms with van der Waals surface area (Å²) in [7, 11) is -2.36. The molecule has 0 aromatic heterocycles. The molecule has 0 saturated carbocycles. The average Bonchev–Trinajstić information content (AvgIpc) is 2.80. The molecular formula is C24H24N2O5S. The summed E-state index contributed by atoms with van der Waals surface area (Å²) in [4.78, 5) is 14.6. The Kier molecular flexibility index (Phi) is 7.27. The van der Waals surface area contributed by atoms with Crippen molar-refractivity contribution in [3.05, 3.63) is 95.1 Å². The minimum absolute atomic E-state index is 0.0946. The molecule has 3 aromatic rings. The monoisotopic (exact) mass is 452 g/mol. The molecule has 0 bridgehead atoms. The number of hydrogen-bond acceptors (Lipinski definition) is 6. The van der Waals surface area contributed by atoms with E-state index in [1.54, 1.807) is 67.6 Å². The van der Waals surface area contributed by atoms with E-state index in [0.717, 1.165) is 5.56 Å². The van der Waals surface area contributed by atoms with Gasteiger partial charge in [0.15, 0.2) is 0 Å². The number of esters is 1. The zero-order valence-electron chi connectivity index (χ0n) is 18.0. The molecule has 0 unspecified atom stereocenters. The van der Waals surface area contributed by atoms with E-state index < -0.39 is 16.0 Å². The van der Waals surface area contributed by atoms with Crippen LogP contribution in [0.3, 0.4) is 0 Å². The van der Waals surface area contributed by atoms with E-state index in [1.165, 1.54) is 19.2 Å². The van der Waals surface area contributed by atoms with E-state index in [1.807, 2.05) is 6.92 Å². The molecule has 0 aliphatic carbocycles. The van der Waals surface area contributed by atoms with Gasteiger partial charge >= 0.3 is 5.97 Å². The average molecular weight is 453 g/mol. The quantitative estimate of drug-likeness (QED) is 0.318. The third-order valence-electron chi connectivity index (χ3n) is 4.60. The second kappa shape index (κ2) is 10.1. The van der Waals surface area contributed by atoms with Crippen molar-refractivity contribution in [3.8, 4) is 5.75 Å². The van der Waals surface area contributed by atoms with Gasteiger partial charge in [0.2, 0.25) is 0 Å². The first-order valence-electron chi connectivity index (χ1n) is 9.92. The van der Waals surface area contributed by atoms with Crippen LogP contribution < -0.4 is 9.57 Å². The molecule has 0 heterocycles. The lowest BCUT2D eigenvalue weighted by Gasteiger charge is -2.11. The number of nitrogens with zero attached hydrogens (tertiary/aromatic N) is 1. The van der Waals surface area contributed by atoms with Crippen molar-refractivity contribution in [1.82, 2.24) is 4.83 Å². The zero-order chi connectivity index (χ0) is 23.1. The Balaban J connectivity index is 2.06. The Bertz CT molecular complexity index is 1240. The SMILES string of the molecule is CCOC(=O)c1cccc(/C(=N/NS(=O)(=O)c2ccc(C)cc2)c2cccc(OC)c2)c1. The number of carbonyl (C=O) groups excluding carboxylic acids is 1. The van der Waals surface area contributed by atoms with Crippen molar-refractivity contribution < 1.29 is 22.7 Å². The molecule has 3 aromatic carbocycles. The summed E-state index contributed by atoms with van der Waals surface area (Å²) < 4.78 is 35.9. The van der Waals surface area contributed by atoms with Crippen LogP contribution in [0.25, 0.3) is 0 Å². The van der Waals surface area contributed by atoms with Gasteiger partial charge in [-0.3, -0.25) is 0 Å². The van der Waals surface area contributed by atoms with Gasteiger partial charge in [0, 0.05) is 11.1 Å². The fourth-order valence-electron chi connectivity index (χ4n) is 2.95. The Morgan fingerprint density at radius 3 is 2.22 bits per heavy atom. The van der Waals surface area contributed by atoms with Crippen molar-refractivity contribution in [1.29, 1.82) is 0 Å². The highest BCUT2D eigenvalue weighted by Gasteiger charge is 2.16. The number of aryl methyl sites for hydroxylation is 1. The Morgan fingerprint density at radius 2 is 1.56 bits per heavy atom. The second-order valence-corrected chi connectivity index (χ2v) is 8.56. The van der Waals surface area contributed by atoms with Crippen LogP contribution in [0.4, 0.5) is 0 Å². The number of benzene rings is 3. The van der Waals surface area contributed by atoms with Crippen molar-refractivity contribution in [2.24, 2.45) is 5.10 Å². The van der Waals surface area contributed by atoms with Crippen LogP contribution in [0.2, 0.25) is 0 Å². The van der Waals surface area contributed by atoms with Crippen LogP contribution >= 0.6 is 0 Å². The molecule has 0 aliphatic heterocycles. The number of ether oxygens (including phenoxy) is 2. The lowest BCUT2D eigenvalue weighted by atomic mass is 10.0. The molecule has 7 nitrogen and oxygen atoms in total. The number of nitrogens with one attached hydrogen (secondary N) is 1. The van der Waals surface area contributed by atoms with Gasteiger partial charge in [-0.2, -0.15) is 18.4 Å². The largest absolute Gasteiger partial charge is 0.497 e. The Morgan fingerprint density at radius 1 is 0.938 bits per heavy atom. The molecule has 166 valence electrons. The molecule has 0 saturated heterocycles. The van der Waals surface area contributed by atoms with Crippen molar-refractivity contribution >= 4 is 21.7 Å². The smallest absolute Gasteiger partial charge is 0.338 e. The summed E-state index contributed by atoms with van der Waals surface area (Å²) in [5, 5.41) is 4.23. The lowest BCUT2D eigenvalue weighted by Crippen LogP contribution is -2.21. The van der Waals surface area contributed by atoms with Crippen molar-refractivity contribution in [3.63, 3.8) is 0 Å². The third-order valence-corrected chi connectivity index (χ3v) is 5.82. The van der Waals surface area contributed by atoms with Gasteiger partial charge in [-0.05, 0) is 50.2 Å². The molecule has 0 aliphatic rings. The van der Waals surface area contributed by atoms with Crippen molar-refractivity contribution in [2.75, 3.05) is 13.7 Å². The molecular weight excluding hydrogens is 428 g/mol. The van der Waals surface area contributed by atoms with Crippen LogP contribution in [-0.4, -0.2) is 33.8 Å². The molecule has 0 atom stereocenters. The van der Waals surface area contributed by atoms with Crippen LogP contribution in [0.5, 0.6) is 5.75 Å². The molecule has 8 heteroatoms. The minimum Gasteiger partial charge on any atom is -0.497 e. The predicted molar refractivity (Wildman–Crippen MR) is 123 cm³/mol. The van der Waals surface area contributed by atoms with Crippen LogP contribution in [0.15, 0.2) is 82.8 Å². The number of carbonyl (C=O) groups is 1. The first kappa shape index (κ1) is 23.0. The first-order valence-corrected chi connectivity index (χ1v) is 11.4. The van der Waals surface area contributed by atoms with Gasteiger partial charge in [-0.15, -0.1) is 0 Å². The van der Waals surface area contributed by atoms with Gasteiger partial charge in [-0.1, -0.05) is 42.0 Å². The maximum Gasteiger partial charge on any atom is 0.338 e. The summed E-state index contributed by atoms with van der Waals surface area (Å²) in [6.45, 7) is 3.85. The minimum atomic E-state index is -3.90. The standard InChI is InChI=1S/C24H24N2O5S/c1-4-31-24(27)20-9-5-7-18(15-20)23(19-8-6-10-21(16-19)30-3)25-26-32(28,29)22-13-11-17(2)12-14-22/h5-16,26H,4H2,1-3H3/b25-23-. The Labute approximate surface area is 187 Å². The molecule has 1 N–H and O–H groups in total. The van der Waals surface area contributed by atoms with Crippen LogP contribution in [0, 0.1) is 6.92 Å². The molecule has 0 radical (unpaired) electrons. The van der Waals surface area contributed by atoms with Gasteiger partial charge in [0.05, 0.1) is 29.9 Å². The number of hydrogen-bond donors (Lipinski definition) is 1. The summed E-state index contributed by atoms with van der Waals surface area (Å²) in [6.07, 6.45) is 0. The van der Waals surface area contributed by atoms with Crippen molar-refractivity contribution in [2.45, 2.75) is 18.7 Å². The van der Waals surface area contributed by atoms with E-state index in [2.05, 4.69) is 9.93 Å². The highest BCUT2D eigenvalue weighted by atomic mass is 32.2. The predicted octanol–water partition coefficient (Wildman–Crippen LogP) is 3.91.